The minimum absolute atomic E-state index is 0.123. The molecule has 0 saturated heterocycles. The highest BCUT2D eigenvalue weighted by Crippen LogP contribution is 2.53. The molecule has 5 rings (SSSR count). The fraction of sp³-hybridized carbons (Fsp3) is 0.417. The van der Waals surface area contributed by atoms with Crippen LogP contribution in [0.15, 0.2) is 36.4 Å². The van der Waals surface area contributed by atoms with Crippen LogP contribution in [0.1, 0.15) is 57.6 Å². The second kappa shape index (κ2) is 6.92. The summed E-state index contributed by atoms with van der Waals surface area (Å²) in [4.78, 5) is 9.53. The van der Waals surface area contributed by atoms with Crippen molar-refractivity contribution in [3.05, 3.63) is 47.5 Å². The summed E-state index contributed by atoms with van der Waals surface area (Å²) in [6.45, 7) is 7.11. The molecule has 156 valence electrons. The molecule has 1 fully saturated rings. The third-order valence-corrected chi connectivity index (χ3v) is 8.67. The summed E-state index contributed by atoms with van der Waals surface area (Å²) < 4.78 is 2.32. The van der Waals surface area contributed by atoms with Crippen molar-refractivity contribution in [3.8, 4) is 0 Å². The molecule has 1 aliphatic rings. The molecule has 0 aliphatic heterocycles. The van der Waals surface area contributed by atoms with Crippen molar-refractivity contribution in [2.75, 3.05) is 11.5 Å². The van der Waals surface area contributed by atoms with E-state index in [-0.39, 0.29) is 5.41 Å². The van der Waals surface area contributed by atoms with E-state index in [9.17, 15) is 0 Å². The first-order chi connectivity index (χ1) is 14.3. The van der Waals surface area contributed by atoms with Gasteiger partial charge in [-0.2, -0.15) is 0 Å². The van der Waals surface area contributed by atoms with Crippen LogP contribution in [0.25, 0.3) is 20.4 Å². The van der Waals surface area contributed by atoms with E-state index in [0.717, 1.165) is 33.3 Å². The number of rotatable bonds is 2. The van der Waals surface area contributed by atoms with Crippen LogP contribution >= 0.6 is 22.7 Å². The van der Waals surface area contributed by atoms with Crippen molar-refractivity contribution in [3.63, 3.8) is 0 Å². The van der Waals surface area contributed by atoms with Crippen LogP contribution in [-0.2, 0) is 5.41 Å². The maximum Gasteiger partial charge on any atom is 0.181 e. The van der Waals surface area contributed by atoms with Crippen molar-refractivity contribution in [1.29, 1.82) is 0 Å². The highest BCUT2D eigenvalue weighted by Gasteiger charge is 2.43. The van der Waals surface area contributed by atoms with E-state index in [1.54, 1.807) is 22.7 Å². The van der Waals surface area contributed by atoms with Crippen molar-refractivity contribution in [2.24, 2.45) is 11.3 Å². The van der Waals surface area contributed by atoms with Gasteiger partial charge in [-0.1, -0.05) is 67.7 Å². The molecule has 1 aliphatic carbocycles. The van der Waals surface area contributed by atoms with Gasteiger partial charge >= 0.3 is 0 Å². The predicted molar refractivity (Wildman–Crippen MR) is 130 cm³/mol. The average Bonchev–Trinajstić information content (AvgIpc) is 3.27. The first kappa shape index (κ1) is 19.8. The minimum atomic E-state index is -0.123. The van der Waals surface area contributed by atoms with Gasteiger partial charge in [0.25, 0.3) is 0 Å². The number of nitrogens with two attached hydrogens (primary N) is 2. The van der Waals surface area contributed by atoms with Gasteiger partial charge in [0, 0.05) is 5.41 Å². The molecule has 0 atom stereocenters. The third-order valence-electron chi connectivity index (χ3n) is 6.97. The Hall–Kier alpha value is -2.18. The number of benzene rings is 2. The summed E-state index contributed by atoms with van der Waals surface area (Å²) in [7, 11) is 0. The van der Waals surface area contributed by atoms with E-state index >= 15 is 0 Å². The Bertz CT molecular complexity index is 1140. The number of nitrogens with zero attached hydrogens (tertiary/aromatic N) is 2. The van der Waals surface area contributed by atoms with Gasteiger partial charge in [-0.05, 0) is 60.3 Å². The third kappa shape index (κ3) is 3.08. The molecule has 4 N–H and O–H groups in total. The van der Waals surface area contributed by atoms with Crippen LogP contribution in [0.5, 0.6) is 0 Å². The molecule has 0 unspecified atom stereocenters. The lowest BCUT2D eigenvalue weighted by Gasteiger charge is -2.45. The van der Waals surface area contributed by atoms with Crippen LogP contribution < -0.4 is 11.5 Å². The van der Waals surface area contributed by atoms with E-state index < -0.39 is 0 Å². The van der Waals surface area contributed by atoms with E-state index in [0.29, 0.717) is 21.6 Å². The Morgan fingerprint density at radius 2 is 1.30 bits per heavy atom. The molecule has 4 nitrogen and oxygen atoms in total. The maximum absolute atomic E-state index is 6.12. The van der Waals surface area contributed by atoms with Crippen molar-refractivity contribution in [2.45, 2.75) is 51.9 Å². The lowest BCUT2D eigenvalue weighted by molar-refractivity contribution is 0.147. The molecule has 6 heteroatoms. The highest BCUT2D eigenvalue weighted by molar-refractivity contribution is 7.22. The largest absolute Gasteiger partial charge is 0.375 e. The van der Waals surface area contributed by atoms with Crippen LogP contribution in [0, 0.1) is 11.3 Å². The van der Waals surface area contributed by atoms with E-state index in [2.05, 4.69) is 57.2 Å². The summed E-state index contributed by atoms with van der Waals surface area (Å²) in [6.07, 6.45) is 4.55. The molecule has 2 heterocycles. The molecule has 0 radical (unpaired) electrons. The molecular weight excluding hydrogens is 408 g/mol. The van der Waals surface area contributed by atoms with Gasteiger partial charge in [0.1, 0.15) is 0 Å². The molecule has 1 saturated carbocycles. The maximum atomic E-state index is 6.12. The van der Waals surface area contributed by atoms with E-state index in [1.165, 1.54) is 24.0 Å². The summed E-state index contributed by atoms with van der Waals surface area (Å²) >= 11 is 3.14. The Labute approximate surface area is 185 Å². The Kier molecular flexibility index (Phi) is 4.56. The van der Waals surface area contributed by atoms with Gasteiger partial charge in [-0.15, -0.1) is 0 Å². The molecule has 2 aromatic heterocycles. The summed E-state index contributed by atoms with van der Waals surface area (Å²) in [5.74, 6) is 0.713. The Morgan fingerprint density at radius 3 is 1.73 bits per heavy atom. The second-order valence-corrected chi connectivity index (χ2v) is 11.8. The lowest BCUT2D eigenvalue weighted by Crippen LogP contribution is -2.37. The van der Waals surface area contributed by atoms with Gasteiger partial charge < -0.3 is 11.5 Å². The number of nitrogen functional groups attached to an aromatic ring is 2. The van der Waals surface area contributed by atoms with Crippen LogP contribution in [-0.4, -0.2) is 9.97 Å². The second-order valence-electron chi connectivity index (χ2n) is 9.63. The summed E-state index contributed by atoms with van der Waals surface area (Å²) in [6, 6.07) is 13.1. The zero-order chi connectivity index (χ0) is 21.1. The fourth-order valence-corrected chi connectivity index (χ4v) is 6.89. The van der Waals surface area contributed by atoms with Gasteiger partial charge in [0.15, 0.2) is 10.3 Å². The van der Waals surface area contributed by atoms with Gasteiger partial charge in [0.05, 0.1) is 20.4 Å². The van der Waals surface area contributed by atoms with Crippen molar-refractivity contribution < 1.29 is 0 Å². The molecule has 0 spiro atoms. The van der Waals surface area contributed by atoms with Gasteiger partial charge in [0.2, 0.25) is 0 Å². The van der Waals surface area contributed by atoms with E-state index in [1.807, 2.05) is 0 Å². The number of anilines is 2. The summed E-state index contributed by atoms with van der Waals surface area (Å²) in [5.41, 5.74) is 17.1. The highest BCUT2D eigenvalue weighted by atomic mass is 32.1. The first-order valence-corrected chi connectivity index (χ1v) is 12.2. The fourth-order valence-electron chi connectivity index (χ4n) is 5.36. The molecular formula is C24H28N4S2. The zero-order valence-corrected chi connectivity index (χ0v) is 19.4. The SMILES string of the molecule is CC(C)(C)C1CCC(c2cccc3sc(N)nc23)(c2cccc3sc(N)nc23)CC1. The number of hydrogen-bond acceptors (Lipinski definition) is 6. The van der Waals surface area contributed by atoms with Crippen molar-refractivity contribution in [1.82, 2.24) is 9.97 Å². The molecule has 0 amide bonds. The van der Waals surface area contributed by atoms with E-state index in [4.69, 9.17) is 21.4 Å². The Balaban J connectivity index is 1.75. The molecule has 0 bridgehead atoms. The van der Waals surface area contributed by atoms with Gasteiger partial charge in [-0.3, -0.25) is 0 Å². The number of thiazole rings is 2. The molecule has 4 aromatic rings. The number of fused-ring (bicyclic) bond motifs is 2. The summed E-state index contributed by atoms with van der Waals surface area (Å²) in [5, 5.41) is 1.26. The van der Waals surface area contributed by atoms with Crippen molar-refractivity contribution >= 4 is 53.4 Å². The topological polar surface area (TPSA) is 77.8 Å². The minimum Gasteiger partial charge on any atom is -0.375 e. The standard InChI is InChI=1S/C24H28N4S2/c1-23(2,3)14-10-12-24(13-11-14,15-6-4-8-17-19(15)27-21(25)29-17)16-7-5-9-18-20(16)28-22(26)30-18/h4-9,14H,10-13H2,1-3H3,(H2,25,27)(H2,26,28). The van der Waals surface area contributed by atoms with Gasteiger partial charge in [-0.25, -0.2) is 9.97 Å². The molecule has 30 heavy (non-hydrogen) atoms. The monoisotopic (exact) mass is 436 g/mol. The van der Waals surface area contributed by atoms with Crippen LogP contribution in [0.3, 0.4) is 0 Å². The lowest BCUT2D eigenvalue weighted by atomic mass is 9.59. The number of hydrogen-bond donors (Lipinski definition) is 2. The van der Waals surface area contributed by atoms with Crippen LogP contribution in [0.2, 0.25) is 0 Å². The number of para-hydroxylation sites is 2. The molecule has 2 aromatic carbocycles. The number of aromatic nitrogens is 2. The average molecular weight is 437 g/mol. The Morgan fingerprint density at radius 1 is 0.833 bits per heavy atom. The quantitative estimate of drug-likeness (QED) is 0.371. The zero-order valence-electron chi connectivity index (χ0n) is 17.7. The van der Waals surface area contributed by atoms with Crippen LogP contribution in [0.4, 0.5) is 10.3 Å². The normalized spacial score (nSPS) is 17.7. The smallest absolute Gasteiger partial charge is 0.181 e. The first-order valence-electron chi connectivity index (χ1n) is 10.6. The predicted octanol–water partition coefficient (Wildman–Crippen LogP) is 6.59.